The van der Waals surface area contributed by atoms with Crippen LogP contribution < -0.4 is 4.90 Å². The number of methoxy groups -OCH3 is 1. The highest BCUT2D eigenvalue weighted by Crippen LogP contribution is 2.40. The van der Waals surface area contributed by atoms with E-state index in [0.29, 0.717) is 18.5 Å². The quantitative estimate of drug-likeness (QED) is 0.280. The number of ketones is 2. The van der Waals surface area contributed by atoms with Crippen molar-refractivity contribution in [2.24, 2.45) is 11.8 Å². The highest BCUT2D eigenvalue weighted by atomic mass is 16.5. The summed E-state index contributed by atoms with van der Waals surface area (Å²) in [5.74, 6) is 0.112. The number of carbonyl (C=O) groups is 3. The maximum Gasteiger partial charge on any atom is 0.307 e. The van der Waals surface area contributed by atoms with Gasteiger partial charge in [-0.25, -0.2) is 0 Å². The van der Waals surface area contributed by atoms with Crippen molar-refractivity contribution in [2.75, 3.05) is 18.6 Å². The van der Waals surface area contributed by atoms with Crippen LogP contribution in [0.2, 0.25) is 0 Å². The first-order valence-corrected chi connectivity index (χ1v) is 12.6. The fourth-order valence-electron chi connectivity index (χ4n) is 4.93. The van der Waals surface area contributed by atoms with Crippen molar-refractivity contribution in [1.82, 2.24) is 0 Å². The van der Waals surface area contributed by atoms with E-state index >= 15 is 0 Å². The summed E-state index contributed by atoms with van der Waals surface area (Å²) in [6.45, 7) is 8.63. The topological polar surface area (TPSA) is 63.7 Å². The zero-order valence-electron chi connectivity index (χ0n) is 21.1. The Kier molecular flexibility index (Phi) is 8.65. The first-order valence-electron chi connectivity index (χ1n) is 12.6. The lowest BCUT2D eigenvalue weighted by atomic mass is 9.87. The van der Waals surface area contributed by atoms with Gasteiger partial charge < -0.3 is 9.64 Å². The van der Waals surface area contributed by atoms with Gasteiger partial charge in [-0.05, 0) is 61.1 Å². The van der Waals surface area contributed by atoms with Crippen LogP contribution in [0.25, 0.3) is 0 Å². The second-order valence-corrected chi connectivity index (χ2v) is 9.10. The van der Waals surface area contributed by atoms with Crippen molar-refractivity contribution in [3.63, 3.8) is 0 Å². The highest BCUT2D eigenvalue weighted by molar-refractivity contribution is 6.00. The lowest BCUT2D eigenvalue weighted by molar-refractivity contribution is -0.140. The van der Waals surface area contributed by atoms with Gasteiger partial charge in [-0.1, -0.05) is 39.8 Å². The predicted molar refractivity (Wildman–Crippen MR) is 136 cm³/mol. The maximum atomic E-state index is 13.1. The normalized spacial score (nSPS) is 12.5. The van der Waals surface area contributed by atoms with Gasteiger partial charge in [0.15, 0.2) is 11.6 Å². The zero-order valence-corrected chi connectivity index (χ0v) is 21.1. The number of esters is 1. The second kappa shape index (κ2) is 11.5. The van der Waals surface area contributed by atoms with Gasteiger partial charge in [0.1, 0.15) is 0 Å². The van der Waals surface area contributed by atoms with Crippen molar-refractivity contribution in [3.8, 4) is 0 Å². The molecule has 34 heavy (non-hydrogen) atoms. The number of fused-ring (bicyclic) bond motifs is 2. The smallest absolute Gasteiger partial charge is 0.307 e. The van der Waals surface area contributed by atoms with Crippen molar-refractivity contribution in [2.45, 2.75) is 66.2 Å². The standard InChI is InChI=1S/C29H37NO4/c1-6-19(7-2)28(32)22-12-13-25-24(17-22)16-21-10-11-23(29(33)20(8-3)9-4)18-26(21)30(25)15-14-27(31)34-5/h10-13,17-20H,6-9,14-16H2,1-5H3. The SMILES string of the molecule is CCC(CC)C(=O)c1ccc2c(c1)Cc1ccc(C(=O)C(CC)CC)cc1N2CCC(=O)OC. The van der Waals surface area contributed by atoms with Crippen LogP contribution in [0.15, 0.2) is 36.4 Å². The molecule has 0 saturated carbocycles. The molecule has 5 nitrogen and oxygen atoms in total. The van der Waals surface area contributed by atoms with E-state index in [2.05, 4.69) is 18.7 Å². The molecule has 0 fully saturated rings. The Morgan fingerprint density at radius 2 is 1.35 bits per heavy atom. The average molecular weight is 464 g/mol. The Morgan fingerprint density at radius 3 is 1.91 bits per heavy atom. The molecule has 0 N–H and O–H groups in total. The van der Waals surface area contributed by atoms with Crippen LogP contribution in [0.3, 0.4) is 0 Å². The van der Waals surface area contributed by atoms with E-state index in [1.54, 1.807) is 0 Å². The van der Waals surface area contributed by atoms with Crippen LogP contribution in [0.1, 0.15) is 91.6 Å². The summed E-state index contributed by atoms with van der Waals surface area (Å²) in [7, 11) is 1.39. The second-order valence-electron chi connectivity index (χ2n) is 9.10. The largest absolute Gasteiger partial charge is 0.469 e. The van der Waals surface area contributed by atoms with E-state index in [9.17, 15) is 14.4 Å². The van der Waals surface area contributed by atoms with Crippen LogP contribution in [0.5, 0.6) is 0 Å². The molecule has 0 saturated heterocycles. The molecule has 0 bridgehead atoms. The number of anilines is 2. The molecule has 0 amide bonds. The summed E-state index contributed by atoms with van der Waals surface area (Å²) in [6, 6.07) is 11.8. The van der Waals surface area contributed by atoms with Gasteiger partial charge in [-0.15, -0.1) is 0 Å². The van der Waals surface area contributed by atoms with Crippen LogP contribution >= 0.6 is 0 Å². The molecule has 182 valence electrons. The number of ether oxygens (including phenoxy) is 1. The minimum atomic E-state index is -0.279. The van der Waals surface area contributed by atoms with Crippen molar-refractivity contribution in [3.05, 3.63) is 58.7 Å². The molecular formula is C29H37NO4. The van der Waals surface area contributed by atoms with Crippen molar-refractivity contribution < 1.29 is 19.1 Å². The monoisotopic (exact) mass is 463 g/mol. The molecule has 2 aromatic rings. The molecular weight excluding hydrogens is 426 g/mol. The molecule has 1 aliphatic heterocycles. The van der Waals surface area contributed by atoms with Crippen LogP contribution in [0, 0.1) is 11.8 Å². The molecule has 3 rings (SSSR count). The lowest BCUT2D eigenvalue weighted by Gasteiger charge is -2.34. The van der Waals surface area contributed by atoms with Crippen LogP contribution in [-0.4, -0.2) is 31.2 Å². The van der Waals surface area contributed by atoms with E-state index in [1.807, 2.05) is 50.2 Å². The summed E-state index contributed by atoms with van der Waals surface area (Å²) in [4.78, 5) is 40.1. The van der Waals surface area contributed by atoms with Gasteiger partial charge in [0.05, 0.1) is 13.5 Å². The summed E-state index contributed by atoms with van der Waals surface area (Å²) in [5, 5.41) is 0. The third kappa shape index (κ3) is 5.24. The average Bonchev–Trinajstić information content (AvgIpc) is 2.86. The Bertz CT molecular complexity index is 1050. The fourth-order valence-corrected chi connectivity index (χ4v) is 4.93. The Balaban J connectivity index is 2.03. The van der Waals surface area contributed by atoms with E-state index in [1.165, 1.54) is 7.11 Å². The van der Waals surface area contributed by atoms with Crippen LogP contribution in [0.4, 0.5) is 11.4 Å². The van der Waals surface area contributed by atoms with Gasteiger partial charge in [-0.3, -0.25) is 14.4 Å². The lowest BCUT2D eigenvalue weighted by Crippen LogP contribution is -2.27. The molecule has 0 radical (unpaired) electrons. The van der Waals surface area contributed by atoms with E-state index in [-0.39, 0.29) is 35.8 Å². The van der Waals surface area contributed by atoms with Gasteiger partial charge >= 0.3 is 5.97 Å². The Hall–Kier alpha value is -2.95. The van der Waals surface area contributed by atoms with Crippen molar-refractivity contribution in [1.29, 1.82) is 0 Å². The predicted octanol–water partition coefficient (Wildman–Crippen LogP) is 6.53. The summed E-state index contributed by atoms with van der Waals surface area (Å²) in [6.07, 6.45) is 4.20. The summed E-state index contributed by atoms with van der Waals surface area (Å²) >= 11 is 0. The number of carbonyl (C=O) groups excluding carboxylic acids is 3. The summed E-state index contributed by atoms with van der Waals surface area (Å²) in [5.41, 5.74) is 5.53. The van der Waals surface area contributed by atoms with Gasteiger partial charge in [-0.2, -0.15) is 0 Å². The maximum absolute atomic E-state index is 13.1. The molecule has 0 aromatic heterocycles. The third-order valence-corrected chi connectivity index (χ3v) is 7.18. The van der Waals surface area contributed by atoms with E-state index < -0.39 is 0 Å². The van der Waals surface area contributed by atoms with E-state index in [0.717, 1.165) is 53.7 Å². The molecule has 0 aliphatic carbocycles. The van der Waals surface area contributed by atoms with Gasteiger partial charge in [0, 0.05) is 47.3 Å². The van der Waals surface area contributed by atoms with Crippen LogP contribution in [-0.2, 0) is 16.0 Å². The number of rotatable bonds is 11. The molecule has 0 spiro atoms. The highest BCUT2D eigenvalue weighted by Gasteiger charge is 2.27. The minimum Gasteiger partial charge on any atom is -0.469 e. The number of hydrogen-bond donors (Lipinski definition) is 0. The molecule has 1 aliphatic rings. The minimum absolute atomic E-state index is 0.0103. The summed E-state index contributed by atoms with van der Waals surface area (Å²) < 4.78 is 4.88. The first-order chi connectivity index (χ1) is 16.4. The molecule has 0 atom stereocenters. The number of Topliss-reactive ketones (excluding diaryl/α,β-unsaturated/α-hetero) is 2. The Morgan fingerprint density at radius 1 is 0.794 bits per heavy atom. The number of hydrogen-bond acceptors (Lipinski definition) is 5. The fraction of sp³-hybridized carbons (Fsp3) is 0.483. The zero-order chi connectivity index (χ0) is 24.8. The van der Waals surface area contributed by atoms with Gasteiger partial charge in [0.25, 0.3) is 0 Å². The Labute approximate surface area is 203 Å². The van der Waals surface area contributed by atoms with Gasteiger partial charge in [0.2, 0.25) is 0 Å². The number of nitrogens with zero attached hydrogens (tertiary/aromatic N) is 1. The molecule has 1 heterocycles. The number of benzene rings is 2. The first kappa shape index (κ1) is 25.7. The van der Waals surface area contributed by atoms with Crippen molar-refractivity contribution >= 4 is 28.9 Å². The molecule has 2 aromatic carbocycles. The molecule has 0 unspecified atom stereocenters. The third-order valence-electron chi connectivity index (χ3n) is 7.18. The molecule has 5 heteroatoms. The van der Waals surface area contributed by atoms with E-state index in [4.69, 9.17) is 4.74 Å².